The summed E-state index contributed by atoms with van der Waals surface area (Å²) in [6.07, 6.45) is 0.632. The van der Waals surface area contributed by atoms with Crippen LogP contribution in [-0.4, -0.2) is 41.5 Å². The zero-order valence-electron chi connectivity index (χ0n) is 19.3. The Morgan fingerprint density at radius 1 is 0.972 bits per heavy atom. The van der Waals surface area contributed by atoms with Crippen LogP contribution in [0.5, 0.6) is 11.5 Å². The number of carbonyl (C=O) groups is 1. The largest absolute Gasteiger partial charge is 0.508 e. The number of alkyl halides is 3. The maximum Gasteiger partial charge on any atom is 0.417 e. The molecule has 1 heterocycles. The third-order valence-electron chi connectivity index (χ3n) is 5.86. The van der Waals surface area contributed by atoms with E-state index in [9.17, 15) is 27.5 Å². The Kier molecular flexibility index (Phi) is 7.57. The lowest BCUT2D eigenvalue weighted by atomic mass is 10.0. The summed E-state index contributed by atoms with van der Waals surface area (Å²) < 4.78 is 62.5. The van der Waals surface area contributed by atoms with Crippen LogP contribution >= 0.6 is 0 Å². The van der Waals surface area contributed by atoms with E-state index >= 15 is 0 Å². The van der Waals surface area contributed by atoms with Gasteiger partial charge in [0.05, 0.1) is 11.1 Å². The van der Waals surface area contributed by atoms with Crippen LogP contribution in [0.25, 0.3) is 0 Å². The van der Waals surface area contributed by atoms with Gasteiger partial charge in [-0.05, 0) is 73.2 Å². The van der Waals surface area contributed by atoms with Crippen LogP contribution in [0.3, 0.4) is 0 Å². The molecule has 0 aliphatic carbocycles. The van der Waals surface area contributed by atoms with Crippen molar-refractivity contribution in [2.24, 2.45) is 0 Å². The van der Waals surface area contributed by atoms with Crippen molar-refractivity contribution >= 4 is 23.5 Å². The summed E-state index contributed by atoms with van der Waals surface area (Å²) in [7, 11) is 0. The van der Waals surface area contributed by atoms with Crippen LogP contribution in [-0.2, 0) is 6.18 Å². The molecule has 1 N–H and O–H groups in total. The van der Waals surface area contributed by atoms with Gasteiger partial charge >= 0.3 is 6.18 Å². The summed E-state index contributed by atoms with van der Waals surface area (Å²) in [6, 6.07) is 13.8. The summed E-state index contributed by atoms with van der Waals surface area (Å²) in [4.78, 5) is 14.5. The smallest absolute Gasteiger partial charge is 0.417 e. The number of ether oxygens (including phenoxy) is 1. The van der Waals surface area contributed by atoms with E-state index < -0.39 is 29.0 Å². The summed E-state index contributed by atoms with van der Waals surface area (Å²) in [5.74, 6) is -1.62. The Hall–Kier alpha value is -3.88. The van der Waals surface area contributed by atoms with Crippen LogP contribution < -0.4 is 9.64 Å². The van der Waals surface area contributed by atoms with Gasteiger partial charge in [-0.15, -0.1) is 0 Å². The number of carbonyl (C=O) groups excluding carboxylic acids is 1. The Morgan fingerprint density at radius 2 is 1.64 bits per heavy atom. The Balaban J connectivity index is 1.62. The van der Waals surface area contributed by atoms with E-state index in [0.29, 0.717) is 18.4 Å². The van der Waals surface area contributed by atoms with Crippen molar-refractivity contribution in [1.29, 1.82) is 0 Å². The van der Waals surface area contributed by atoms with Gasteiger partial charge in [0, 0.05) is 24.2 Å². The van der Waals surface area contributed by atoms with Gasteiger partial charge in [-0.1, -0.05) is 0 Å². The number of rotatable bonds is 7. The molecule has 0 saturated heterocycles. The predicted molar refractivity (Wildman–Crippen MR) is 128 cm³/mol. The van der Waals surface area contributed by atoms with Crippen LogP contribution in [0, 0.1) is 5.82 Å². The number of benzene rings is 3. The quantitative estimate of drug-likeness (QED) is 0.311. The molecule has 0 aromatic heterocycles. The van der Waals surface area contributed by atoms with E-state index in [1.807, 2.05) is 0 Å². The second-order valence-electron chi connectivity index (χ2n) is 8.40. The topological polar surface area (TPSA) is 52.8 Å². The SMILES string of the molecule is O=C(c1ccc(F)cc1C(F)(F)F)N(c1ccc(O)cc1)c1ccc(OCC[N+]2=CCCCC2)cc1. The van der Waals surface area contributed by atoms with Crippen LogP contribution in [0.1, 0.15) is 35.2 Å². The first-order chi connectivity index (χ1) is 17.2. The minimum Gasteiger partial charge on any atom is -0.508 e. The maximum absolute atomic E-state index is 13.6. The standard InChI is InChI=1S/C27H24F4N2O3/c28-19-4-13-24(25(18-19)27(29,30)31)26(35)33(20-5-9-22(34)10-6-20)21-7-11-23(12-8-21)36-17-16-32-14-2-1-3-15-32/h4-14,18H,1-3,15-17H2/p+1. The number of amides is 1. The average Bonchev–Trinajstić information content (AvgIpc) is 2.86. The summed E-state index contributed by atoms with van der Waals surface area (Å²) in [6.45, 7) is 2.20. The molecule has 0 spiro atoms. The summed E-state index contributed by atoms with van der Waals surface area (Å²) >= 11 is 0. The van der Waals surface area contributed by atoms with Crippen molar-refractivity contribution in [3.05, 3.63) is 83.7 Å². The fourth-order valence-corrected chi connectivity index (χ4v) is 4.04. The number of hydrogen-bond acceptors (Lipinski definition) is 3. The molecule has 188 valence electrons. The molecule has 0 bridgehead atoms. The second-order valence-corrected chi connectivity index (χ2v) is 8.40. The summed E-state index contributed by atoms with van der Waals surface area (Å²) in [5, 5.41) is 9.64. The van der Waals surface area contributed by atoms with E-state index in [-0.39, 0.29) is 17.1 Å². The minimum absolute atomic E-state index is 0.0707. The molecule has 4 rings (SSSR count). The van der Waals surface area contributed by atoms with E-state index in [2.05, 4.69) is 10.8 Å². The number of aromatic hydroxyl groups is 1. The molecule has 0 saturated carbocycles. The highest BCUT2D eigenvalue weighted by Crippen LogP contribution is 2.36. The van der Waals surface area contributed by atoms with Gasteiger partial charge in [0.1, 0.15) is 36.7 Å². The average molecular weight is 502 g/mol. The molecule has 0 unspecified atom stereocenters. The molecule has 1 aliphatic rings. The molecule has 3 aromatic rings. The molecule has 5 nitrogen and oxygen atoms in total. The lowest BCUT2D eigenvalue weighted by Gasteiger charge is -2.25. The molecule has 0 fully saturated rings. The molecular weight excluding hydrogens is 476 g/mol. The number of phenolic OH excluding ortho intramolecular Hbond substituents is 1. The molecule has 3 aromatic carbocycles. The lowest BCUT2D eigenvalue weighted by Crippen LogP contribution is -2.28. The van der Waals surface area contributed by atoms with Crippen molar-refractivity contribution in [3.63, 3.8) is 0 Å². The molecule has 0 atom stereocenters. The van der Waals surface area contributed by atoms with Gasteiger partial charge in [0.2, 0.25) is 0 Å². The highest BCUT2D eigenvalue weighted by molar-refractivity contribution is 6.11. The Bertz CT molecular complexity index is 1240. The number of hydrogen-bond donors (Lipinski definition) is 1. The lowest BCUT2D eigenvalue weighted by molar-refractivity contribution is -0.529. The molecule has 36 heavy (non-hydrogen) atoms. The van der Waals surface area contributed by atoms with Crippen molar-refractivity contribution < 1.29 is 36.8 Å². The van der Waals surface area contributed by atoms with Crippen molar-refractivity contribution in [1.82, 2.24) is 0 Å². The highest BCUT2D eigenvalue weighted by atomic mass is 19.4. The van der Waals surface area contributed by atoms with E-state index in [0.717, 1.165) is 43.0 Å². The maximum atomic E-state index is 13.6. The van der Waals surface area contributed by atoms with Gasteiger partial charge in [-0.25, -0.2) is 8.97 Å². The molecule has 1 amide bonds. The van der Waals surface area contributed by atoms with E-state index in [1.54, 1.807) is 24.3 Å². The number of phenols is 1. The number of nitrogens with zero attached hydrogens (tertiary/aromatic N) is 2. The van der Waals surface area contributed by atoms with Crippen LogP contribution in [0.2, 0.25) is 0 Å². The van der Waals surface area contributed by atoms with E-state index in [4.69, 9.17) is 4.74 Å². The van der Waals surface area contributed by atoms with Crippen LogP contribution in [0.4, 0.5) is 28.9 Å². The van der Waals surface area contributed by atoms with E-state index in [1.165, 1.54) is 30.7 Å². The van der Waals surface area contributed by atoms with Gasteiger partial charge in [-0.2, -0.15) is 13.2 Å². The number of halogens is 4. The normalized spacial score (nSPS) is 13.7. The third kappa shape index (κ3) is 6.02. The third-order valence-corrected chi connectivity index (χ3v) is 5.86. The number of anilines is 2. The van der Waals surface area contributed by atoms with Gasteiger partial charge in [0.15, 0.2) is 6.54 Å². The van der Waals surface area contributed by atoms with Gasteiger partial charge in [0.25, 0.3) is 5.91 Å². The fourth-order valence-electron chi connectivity index (χ4n) is 4.04. The second kappa shape index (κ2) is 10.8. The molecular formula is C27H25F4N2O3+. The summed E-state index contributed by atoms with van der Waals surface area (Å²) in [5.41, 5.74) is -1.56. The monoisotopic (exact) mass is 501 g/mol. The fraction of sp³-hybridized carbons (Fsp3) is 0.259. The molecule has 9 heteroatoms. The first-order valence-electron chi connectivity index (χ1n) is 11.5. The van der Waals surface area contributed by atoms with Crippen molar-refractivity contribution in [2.45, 2.75) is 25.4 Å². The Morgan fingerprint density at radius 3 is 2.25 bits per heavy atom. The Labute approximate surface area is 205 Å². The van der Waals surface area contributed by atoms with Gasteiger partial charge < -0.3 is 9.84 Å². The molecule has 1 aliphatic heterocycles. The minimum atomic E-state index is -4.93. The molecule has 0 radical (unpaired) electrons. The van der Waals surface area contributed by atoms with Crippen LogP contribution in [0.15, 0.2) is 66.7 Å². The zero-order chi connectivity index (χ0) is 25.7. The van der Waals surface area contributed by atoms with Crippen molar-refractivity contribution in [3.8, 4) is 11.5 Å². The highest BCUT2D eigenvalue weighted by Gasteiger charge is 2.37. The zero-order valence-corrected chi connectivity index (χ0v) is 19.3. The van der Waals surface area contributed by atoms with Gasteiger partial charge in [-0.3, -0.25) is 9.69 Å². The first kappa shape index (κ1) is 25.2. The van der Waals surface area contributed by atoms with Crippen molar-refractivity contribution in [2.75, 3.05) is 24.6 Å². The first-order valence-corrected chi connectivity index (χ1v) is 11.5. The predicted octanol–water partition coefficient (Wildman–Crippen LogP) is 6.17.